The first-order valence-electron chi connectivity index (χ1n) is 6.71. The van der Waals surface area contributed by atoms with Crippen LogP contribution in [0.25, 0.3) is 0 Å². The largest absolute Gasteiger partial charge is 0.480 e. The van der Waals surface area contributed by atoms with Crippen LogP contribution in [0.4, 0.5) is 4.79 Å². The summed E-state index contributed by atoms with van der Waals surface area (Å²) in [6.45, 7) is 5.25. The van der Waals surface area contributed by atoms with Gasteiger partial charge in [-0.15, -0.1) is 0 Å². The normalized spacial score (nSPS) is 36.5. The number of aliphatic carboxylic acids is 1. The molecule has 1 aliphatic carbocycles. The molecule has 6 heteroatoms. The maximum atomic E-state index is 12.6. The average Bonchev–Trinajstić information content (AvgIpc) is 2.59. The SMILES string of the molecule is CC(C(=O)O)N1C(=O)NC2(C1=O)C(C)CCCC2C. The molecule has 3 unspecified atom stereocenters. The van der Waals surface area contributed by atoms with Crippen LogP contribution in [0.5, 0.6) is 0 Å². The summed E-state index contributed by atoms with van der Waals surface area (Å²) in [4.78, 5) is 36.6. The Morgan fingerprint density at radius 1 is 1.37 bits per heavy atom. The number of nitrogens with zero attached hydrogens (tertiary/aromatic N) is 1. The molecule has 2 N–H and O–H groups in total. The van der Waals surface area contributed by atoms with Crippen molar-refractivity contribution in [3.8, 4) is 0 Å². The zero-order chi connectivity index (χ0) is 14.4. The van der Waals surface area contributed by atoms with Gasteiger partial charge in [0.15, 0.2) is 0 Å². The summed E-state index contributed by atoms with van der Waals surface area (Å²) in [5.41, 5.74) is -0.918. The molecule has 1 aliphatic heterocycles. The number of urea groups is 1. The molecule has 2 rings (SSSR count). The molecule has 0 aromatic heterocycles. The van der Waals surface area contributed by atoms with Gasteiger partial charge in [0.05, 0.1) is 0 Å². The topological polar surface area (TPSA) is 86.7 Å². The summed E-state index contributed by atoms with van der Waals surface area (Å²) in [7, 11) is 0. The molecule has 106 valence electrons. The molecule has 19 heavy (non-hydrogen) atoms. The van der Waals surface area contributed by atoms with E-state index in [1.165, 1.54) is 6.92 Å². The maximum absolute atomic E-state index is 12.6. The minimum absolute atomic E-state index is 0.0266. The van der Waals surface area contributed by atoms with Crippen LogP contribution in [-0.4, -0.2) is 39.5 Å². The van der Waals surface area contributed by atoms with E-state index in [2.05, 4.69) is 5.32 Å². The van der Waals surface area contributed by atoms with Crippen molar-refractivity contribution < 1.29 is 19.5 Å². The third kappa shape index (κ3) is 1.81. The van der Waals surface area contributed by atoms with Gasteiger partial charge >= 0.3 is 12.0 Å². The predicted octanol–water partition coefficient (Wildman–Crippen LogP) is 1.21. The first-order chi connectivity index (χ1) is 8.82. The lowest BCUT2D eigenvalue weighted by Gasteiger charge is -2.42. The highest BCUT2D eigenvalue weighted by molar-refractivity contribution is 6.09. The van der Waals surface area contributed by atoms with E-state index in [0.29, 0.717) is 0 Å². The van der Waals surface area contributed by atoms with Crippen molar-refractivity contribution >= 4 is 17.9 Å². The number of rotatable bonds is 2. The molecule has 1 saturated heterocycles. The Balaban J connectivity index is 2.38. The molecule has 1 heterocycles. The third-order valence-corrected chi connectivity index (χ3v) is 4.68. The van der Waals surface area contributed by atoms with Crippen molar-refractivity contribution in [1.82, 2.24) is 10.2 Å². The van der Waals surface area contributed by atoms with Crippen LogP contribution in [0.15, 0.2) is 0 Å². The number of nitrogens with one attached hydrogen (secondary N) is 1. The number of imide groups is 1. The molecular weight excluding hydrogens is 248 g/mol. The zero-order valence-electron chi connectivity index (χ0n) is 11.5. The Labute approximate surface area is 112 Å². The van der Waals surface area contributed by atoms with Crippen LogP contribution in [-0.2, 0) is 9.59 Å². The summed E-state index contributed by atoms with van der Waals surface area (Å²) in [5, 5.41) is 11.8. The van der Waals surface area contributed by atoms with E-state index >= 15 is 0 Å². The summed E-state index contributed by atoms with van der Waals surface area (Å²) >= 11 is 0. The fraction of sp³-hybridized carbons (Fsp3) is 0.769. The second-order valence-electron chi connectivity index (χ2n) is 5.72. The lowest BCUT2D eigenvalue weighted by atomic mass is 9.67. The van der Waals surface area contributed by atoms with E-state index in [9.17, 15) is 14.4 Å². The van der Waals surface area contributed by atoms with Crippen LogP contribution >= 0.6 is 0 Å². The molecule has 1 spiro atoms. The molecule has 3 amide bonds. The Bertz CT molecular complexity index is 424. The molecule has 0 bridgehead atoms. The lowest BCUT2D eigenvalue weighted by Crippen LogP contribution is -2.59. The van der Waals surface area contributed by atoms with Crippen molar-refractivity contribution in [1.29, 1.82) is 0 Å². The van der Waals surface area contributed by atoms with Gasteiger partial charge in [0.25, 0.3) is 5.91 Å². The van der Waals surface area contributed by atoms with E-state index in [1.54, 1.807) is 0 Å². The van der Waals surface area contributed by atoms with E-state index in [4.69, 9.17) is 5.11 Å². The minimum atomic E-state index is -1.17. The second-order valence-corrected chi connectivity index (χ2v) is 5.72. The van der Waals surface area contributed by atoms with Gasteiger partial charge in [-0.1, -0.05) is 20.3 Å². The third-order valence-electron chi connectivity index (χ3n) is 4.68. The van der Waals surface area contributed by atoms with Gasteiger partial charge in [-0.3, -0.25) is 4.79 Å². The van der Waals surface area contributed by atoms with Gasteiger partial charge < -0.3 is 10.4 Å². The fourth-order valence-electron chi connectivity index (χ4n) is 3.38. The van der Waals surface area contributed by atoms with Gasteiger partial charge in [-0.2, -0.15) is 0 Å². The molecule has 2 aliphatic rings. The van der Waals surface area contributed by atoms with Gasteiger partial charge in [0, 0.05) is 0 Å². The number of hydrogen-bond acceptors (Lipinski definition) is 3. The standard InChI is InChI=1S/C13H20N2O4/c1-7-5-4-6-8(2)13(7)11(18)15(12(19)14-13)9(3)10(16)17/h7-9H,4-6H2,1-3H3,(H,14,19)(H,16,17). The Morgan fingerprint density at radius 3 is 2.37 bits per heavy atom. The summed E-state index contributed by atoms with van der Waals surface area (Å²) in [6.07, 6.45) is 2.76. The zero-order valence-corrected chi connectivity index (χ0v) is 11.5. The number of carboxylic acids is 1. The molecule has 0 radical (unpaired) electrons. The summed E-state index contributed by atoms with van der Waals surface area (Å²) in [6, 6.07) is -1.71. The smallest absolute Gasteiger partial charge is 0.326 e. The first kappa shape index (κ1) is 13.8. The Kier molecular flexibility index (Phi) is 3.28. The lowest BCUT2D eigenvalue weighted by molar-refractivity contribution is -0.149. The molecule has 6 nitrogen and oxygen atoms in total. The highest BCUT2D eigenvalue weighted by atomic mass is 16.4. The van der Waals surface area contributed by atoms with Gasteiger partial charge in [0.2, 0.25) is 0 Å². The minimum Gasteiger partial charge on any atom is -0.480 e. The van der Waals surface area contributed by atoms with Crippen molar-refractivity contribution in [2.75, 3.05) is 0 Å². The fourth-order valence-corrected chi connectivity index (χ4v) is 3.38. The Morgan fingerprint density at radius 2 is 1.89 bits per heavy atom. The number of carbonyl (C=O) groups excluding carboxylic acids is 2. The molecule has 0 aromatic carbocycles. The molecular formula is C13H20N2O4. The van der Waals surface area contributed by atoms with Crippen molar-refractivity contribution in [2.45, 2.75) is 51.6 Å². The number of amides is 3. The first-order valence-corrected chi connectivity index (χ1v) is 6.71. The summed E-state index contributed by atoms with van der Waals surface area (Å²) in [5.74, 6) is -1.50. The van der Waals surface area contributed by atoms with E-state index in [1.807, 2.05) is 13.8 Å². The van der Waals surface area contributed by atoms with Crippen LogP contribution in [0.3, 0.4) is 0 Å². The molecule has 0 aromatic rings. The maximum Gasteiger partial charge on any atom is 0.326 e. The quantitative estimate of drug-likeness (QED) is 0.737. The number of carboxylic acid groups (broad SMARTS) is 1. The predicted molar refractivity (Wildman–Crippen MR) is 67.4 cm³/mol. The van der Waals surface area contributed by atoms with Gasteiger partial charge in [-0.05, 0) is 31.6 Å². The number of carbonyl (C=O) groups is 3. The van der Waals surface area contributed by atoms with Crippen molar-refractivity contribution in [2.24, 2.45) is 11.8 Å². The van der Waals surface area contributed by atoms with Crippen LogP contribution in [0.1, 0.15) is 40.0 Å². The second kappa shape index (κ2) is 4.51. The average molecular weight is 268 g/mol. The highest BCUT2D eigenvalue weighted by Gasteiger charge is 2.59. The molecule has 2 fully saturated rings. The number of hydrogen-bond donors (Lipinski definition) is 2. The van der Waals surface area contributed by atoms with Crippen LogP contribution < -0.4 is 5.32 Å². The van der Waals surface area contributed by atoms with E-state index in [0.717, 1.165) is 24.2 Å². The van der Waals surface area contributed by atoms with Gasteiger partial charge in [-0.25, -0.2) is 14.5 Å². The van der Waals surface area contributed by atoms with Crippen molar-refractivity contribution in [3.63, 3.8) is 0 Å². The van der Waals surface area contributed by atoms with Crippen LogP contribution in [0, 0.1) is 11.8 Å². The highest BCUT2D eigenvalue weighted by Crippen LogP contribution is 2.42. The Hall–Kier alpha value is -1.59. The monoisotopic (exact) mass is 268 g/mol. The summed E-state index contributed by atoms with van der Waals surface area (Å²) < 4.78 is 0. The van der Waals surface area contributed by atoms with Crippen molar-refractivity contribution in [3.05, 3.63) is 0 Å². The van der Waals surface area contributed by atoms with Crippen LogP contribution in [0.2, 0.25) is 0 Å². The van der Waals surface area contributed by atoms with E-state index < -0.39 is 23.6 Å². The molecule has 1 saturated carbocycles. The molecule has 3 atom stereocenters. The van der Waals surface area contributed by atoms with Gasteiger partial charge in [0.1, 0.15) is 11.6 Å². The van der Waals surface area contributed by atoms with E-state index in [-0.39, 0.29) is 17.7 Å².